The van der Waals surface area contributed by atoms with Crippen LogP contribution in [-0.2, 0) is 4.79 Å². The van der Waals surface area contributed by atoms with Gasteiger partial charge in [0.25, 0.3) is 0 Å². The second-order valence-electron chi connectivity index (χ2n) is 6.03. The van der Waals surface area contributed by atoms with Gasteiger partial charge in [-0.05, 0) is 51.4 Å². The van der Waals surface area contributed by atoms with Gasteiger partial charge >= 0.3 is 0 Å². The molecule has 1 aliphatic heterocycles. The number of hydrogen-bond donors (Lipinski definition) is 2. The molecule has 1 fully saturated rings. The Bertz CT molecular complexity index is 479. The van der Waals surface area contributed by atoms with E-state index in [1.54, 1.807) is 0 Å². The van der Waals surface area contributed by atoms with Crippen LogP contribution in [0.4, 0.5) is 0 Å². The molecule has 4 nitrogen and oxygen atoms in total. The number of carbonyl (C=O) groups is 1. The molecule has 2 N–H and O–H groups in total. The molecule has 0 spiro atoms. The van der Waals surface area contributed by atoms with Crippen LogP contribution in [0.5, 0.6) is 0 Å². The first-order valence-corrected chi connectivity index (χ1v) is 7.86. The highest BCUT2D eigenvalue weighted by molar-refractivity contribution is 5.78. The molecule has 0 radical (unpaired) electrons. The molecule has 1 heterocycles. The highest BCUT2D eigenvalue weighted by Gasteiger charge is 2.15. The van der Waals surface area contributed by atoms with Gasteiger partial charge in [-0.15, -0.1) is 0 Å². The van der Waals surface area contributed by atoms with Crippen LogP contribution in [0.15, 0.2) is 18.2 Å². The van der Waals surface area contributed by atoms with Gasteiger partial charge in [-0.2, -0.15) is 0 Å². The summed E-state index contributed by atoms with van der Waals surface area (Å²) in [6, 6.07) is 6.44. The summed E-state index contributed by atoms with van der Waals surface area (Å²) in [7, 11) is 0. The molecule has 4 heteroatoms. The lowest BCUT2D eigenvalue weighted by molar-refractivity contribution is -0.122. The largest absolute Gasteiger partial charge is 0.348 e. The quantitative estimate of drug-likeness (QED) is 0.888. The van der Waals surface area contributed by atoms with E-state index < -0.39 is 0 Å². The lowest BCUT2D eigenvalue weighted by Gasteiger charge is -2.22. The maximum atomic E-state index is 12.2. The van der Waals surface area contributed by atoms with Gasteiger partial charge in [0.2, 0.25) is 5.91 Å². The van der Waals surface area contributed by atoms with Gasteiger partial charge in [-0.3, -0.25) is 9.69 Å². The van der Waals surface area contributed by atoms with Crippen molar-refractivity contribution < 1.29 is 4.79 Å². The Balaban J connectivity index is 1.89. The first-order chi connectivity index (χ1) is 10.1. The summed E-state index contributed by atoms with van der Waals surface area (Å²) in [5.74, 6) is 0.115. The number of benzene rings is 1. The first kappa shape index (κ1) is 16.0. The van der Waals surface area contributed by atoms with Gasteiger partial charge in [-0.25, -0.2) is 0 Å². The summed E-state index contributed by atoms with van der Waals surface area (Å²) >= 11 is 0. The summed E-state index contributed by atoms with van der Waals surface area (Å²) in [6.45, 7) is 10.7. The molecule has 21 heavy (non-hydrogen) atoms. The minimum Gasteiger partial charge on any atom is -0.348 e. The van der Waals surface area contributed by atoms with Crippen LogP contribution in [0.3, 0.4) is 0 Å². The molecule has 1 aliphatic rings. The van der Waals surface area contributed by atoms with E-state index in [0.29, 0.717) is 6.54 Å². The smallest absolute Gasteiger partial charge is 0.234 e. The number of aryl methyl sites for hydroxylation is 2. The first-order valence-electron chi connectivity index (χ1n) is 7.86. The van der Waals surface area contributed by atoms with E-state index in [1.807, 2.05) is 0 Å². The Kier molecular flexibility index (Phi) is 5.76. The van der Waals surface area contributed by atoms with Crippen molar-refractivity contribution >= 4 is 5.91 Å². The van der Waals surface area contributed by atoms with E-state index in [2.05, 4.69) is 54.5 Å². The molecular formula is C17H27N3O. The van der Waals surface area contributed by atoms with E-state index in [0.717, 1.165) is 32.6 Å². The van der Waals surface area contributed by atoms with Crippen molar-refractivity contribution in [3.63, 3.8) is 0 Å². The van der Waals surface area contributed by atoms with Crippen LogP contribution in [0, 0.1) is 13.8 Å². The molecule has 2 rings (SSSR count). The summed E-state index contributed by atoms with van der Waals surface area (Å²) < 4.78 is 0. The standard InChI is InChI=1S/C17H27N3O/c1-13-5-6-16(14(2)11-13)15(3)19-17(21)12-20-9-4-7-18-8-10-20/h5-6,11,15,18H,4,7-10,12H2,1-3H3,(H,19,21). The van der Waals surface area contributed by atoms with Gasteiger partial charge in [0.15, 0.2) is 0 Å². The van der Waals surface area contributed by atoms with Gasteiger partial charge in [0.1, 0.15) is 0 Å². The highest BCUT2D eigenvalue weighted by atomic mass is 16.2. The van der Waals surface area contributed by atoms with Crippen LogP contribution < -0.4 is 10.6 Å². The van der Waals surface area contributed by atoms with E-state index in [4.69, 9.17) is 0 Å². The summed E-state index contributed by atoms with van der Waals surface area (Å²) in [5.41, 5.74) is 3.69. The zero-order chi connectivity index (χ0) is 15.2. The second kappa shape index (κ2) is 7.57. The highest BCUT2D eigenvalue weighted by Crippen LogP contribution is 2.18. The van der Waals surface area contributed by atoms with Crippen LogP contribution in [-0.4, -0.2) is 43.5 Å². The molecule has 1 atom stereocenters. The third-order valence-electron chi connectivity index (χ3n) is 4.07. The molecule has 0 aliphatic carbocycles. The zero-order valence-corrected chi connectivity index (χ0v) is 13.4. The molecule has 1 aromatic rings. The lowest BCUT2D eigenvalue weighted by atomic mass is 10.0. The van der Waals surface area contributed by atoms with Gasteiger partial charge < -0.3 is 10.6 Å². The Labute approximate surface area is 127 Å². The Morgan fingerprint density at radius 3 is 2.90 bits per heavy atom. The van der Waals surface area contributed by atoms with Gasteiger partial charge in [0.05, 0.1) is 12.6 Å². The summed E-state index contributed by atoms with van der Waals surface area (Å²) in [4.78, 5) is 14.4. The topological polar surface area (TPSA) is 44.4 Å². The number of carbonyl (C=O) groups excluding carboxylic acids is 1. The van der Waals surface area contributed by atoms with Crippen molar-refractivity contribution in [2.75, 3.05) is 32.7 Å². The fourth-order valence-electron chi connectivity index (χ4n) is 2.94. The van der Waals surface area contributed by atoms with E-state index in [9.17, 15) is 4.79 Å². The second-order valence-corrected chi connectivity index (χ2v) is 6.03. The molecule has 0 aromatic heterocycles. The molecule has 116 valence electrons. The molecule has 1 amide bonds. The third-order valence-corrected chi connectivity index (χ3v) is 4.07. The molecule has 1 saturated heterocycles. The van der Waals surface area contributed by atoms with E-state index in [-0.39, 0.29) is 11.9 Å². The summed E-state index contributed by atoms with van der Waals surface area (Å²) in [6.07, 6.45) is 1.11. The SMILES string of the molecule is Cc1ccc(C(C)NC(=O)CN2CCCNCC2)c(C)c1. The molecule has 1 unspecified atom stereocenters. The number of rotatable bonds is 4. The molecule has 0 saturated carbocycles. The van der Waals surface area contributed by atoms with Crippen molar-refractivity contribution in [2.24, 2.45) is 0 Å². The Morgan fingerprint density at radius 2 is 2.14 bits per heavy atom. The normalized spacial score (nSPS) is 18.0. The van der Waals surface area contributed by atoms with Crippen LogP contribution >= 0.6 is 0 Å². The molecule has 0 bridgehead atoms. The molecule has 1 aromatic carbocycles. The van der Waals surface area contributed by atoms with Crippen LogP contribution in [0.2, 0.25) is 0 Å². The summed E-state index contributed by atoms with van der Waals surface area (Å²) in [5, 5.41) is 6.48. The average molecular weight is 289 g/mol. The maximum Gasteiger partial charge on any atom is 0.234 e. The fourth-order valence-corrected chi connectivity index (χ4v) is 2.94. The van der Waals surface area contributed by atoms with Crippen molar-refractivity contribution in [1.82, 2.24) is 15.5 Å². The third kappa shape index (κ3) is 4.83. The number of nitrogens with one attached hydrogen (secondary N) is 2. The van der Waals surface area contributed by atoms with Crippen molar-refractivity contribution in [3.8, 4) is 0 Å². The predicted octanol–water partition coefficient (Wildman–Crippen LogP) is 1.78. The number of amides is 1. The Hall–Kier alpha value is -1.39. The van der Waals surface area contributed by atoms with Crippen molar-refractivity contribution in [1.29, 1.82) is 0 Å². The fraction of sp³-hybridized carbons (Fsp3) is 0.588. The average Bonchev–Trinajstić information content (AvgIpc) is 2.66. The van der Waals surface area contributed by atoms with Gasteiger partial charge in [-0.1, -0.05) is 23.8 Å². The number of hydrogen-bond acceptors (Lipinski definition) is 3. The van der Waals surface area contributed by atoms with E-state index >= 15 is 0 Å². The number of nitrogens with zero attached hydrogens (tertiary/aromatic N) is 1. The van der Waals surface area contributed by atoms with Crippen LogP contribution in [0.25, 0.3) is 0 Å². The minimum absolute atomic E-state index is 0.0585. The zero-order valence-electron chi connectivity index (χ0n) is 13.4. The Morgan fingerprint density at radius 1 is 1.33 bits per heavy atom. The van der Waals surface area contributed by atoms with Crippen molar-refractivity contribution in [3.05, 3.63) is 34.9 Å². The van der Waals surface area contributed by atoms with Crippen molar-refractivity contribution in [2.45, 2.75) is 33.2 Å². The van der Waals surface area contributed by atoms with Gasteiger partial charge in [0, 0.05) is 13.1 Å². The molecular weight excluding hydrogens is 262 g/mol. The lowest BCUT2D eigenvalue weighted by Crippen LogP contribution is -2.39. The van der Waals surface area contributed by atoms with E-state index in [1.165, 1.54) is 16.7 Å². The maximum absolute atomic E-state index is 12.2. The monoisotopic (exact) mass is 289 g/mol. The minimum atomic E-state index is 0.0585. The van der Waals surface area contributed by atoms with Crippen LogP contribution in [0.1, 0.15) is 36.1 Å². The predicted molar refractivity (Wildman–Crippen MR) is 86.4 cm³/mol.